The minimum atomic E-state index is -0.513. The average Bonchev–Trinajstić information content (AvgIpc) is 3.47. The molecule has 1 N–H and O–H groups in total. The number of nitrogens with zero attached hydrogens (tertiary/aromatic N) is 2. The highest BCUT2D eigenvalue weighted by molar-refractivity contribution is 5.89. The van der Waals surface area contributed by atoms with E-state index in [0.29, 0.717) is 11.5 Å². The van der Waals surface area contributed by atoms with E-state index >= 15 is 0 Å². The Morgan fingerprint density at radius 2 is 1.77 bits per heavy atom. The Bertz CT molecular complexity index is 1040. The van der Waals surface area contributed by atoms with Crippen molar-refractivity contribution in [3.8, 4) is 11.5 Å². The van der Waals surface area contributed by atoms with E-state index in [0.717, 1.165) is 42.6 Å². The van der Waals surface area contributed by atoms with Gasteiger partial charge in [-0.25, -0.2) is 4.98 Å². The molecule has 1 aliphatic carbocycles. The van der Waals surface area contributed by atoms with E-state index in [-0.39, 0.29) is 5.91 Å². The lowest BCUT2D eigenvalue weighted by Gasteiger charge is -2.31. The highest BCUT2D eigenvalue weighted by Gasteiger charge is 2.43. The van der Waals surface area contributed by atoms with Crippen LogP contribution in [0.4, 0.5) is 0 Å². The first-order valence-electron chi connectivity index (χ1n) is 10.6. The molecule has 4 rings (SSSR count). The summed E-state index contributed by atoms with van der Waals surface area (Å²) in [7, 11) is 5.16. The van der Waals surface area contributed by atoms with Gasteiger partial charge in [0.05, 0.1) is 19.6 Å². The van der Waals surface area contributed by atoms with Gasteiger partial charge in [-0.1, -0.05) is 49.2 Å². The van der Waals surface area contributed by atoms with E-state index < -0.39 is 11.5 Å². The molecule has 2 aromatic carbocycles. The van der Waals surface area contributed by atoms with Crippen molar-refractivity contribution in [2.24, 2.45) is 7.05 Å². The van der Waals surface area contributed by atoms with Gasteiger partial charge in [0, 0.05) is 19.4 Å². The monoisotopic (exact) mass is 419 g/mol. The first-order chi connectivity index (χ1) is 15.1. The molecule has 1 aromatic heterocycles. The second-order valence-corrected chi connectivity index (χ2v) is 8.07. The number of nitrogens with one attached hydrogen (secondary N) is 1. The maximum Gasteiger partial charge on any atom is 0.231 e. The number of hydrogen-bond donors (Lipinski definition) is 1. The summed E-state index contributed by atoms with van der Waals surface area (Å²) in [6.07, 6.45) is 7.43. The van der Waals surface area contributed by atoms with E-state index in [1.807, 2.05) is 54.2 Å². The number of aromatic nitrogens is 2. The van der Waals surface area contributed by atoms with Gasteiger partial charge < -0.3 is 19.4 Å². The fraction of sp³-hybridized carbons (Fsp3) is 0.360. The number of rotatable bonds is 7. The Morgan fingerprint density at radius 3 is 2.39 bits per heavy atom. The van der Waals surface area contributed by atoms with Crippen LogP contribution in [0, 0.1) is 0 Å². The van der Waals surface area contributed by atoms with Crippen molar-refractivity contribution in [2.45, 2.75) is 37.1 Å². The van der Waals surface area contributed by atoms with Gasteiger partial charge in [0.2, 0.25) is 5.91 Å². The smallest absolute Gasteiger partial charge is 0.231 e. The minimum absolute atomic E-state index is 0.0407. The van der Waals surface area contributed by atoms with Gasteiger partial charge in [0.15, 0.2) is 11.5 Å². The molecular formula is C25H29N3O3. The van der Waals surface area contributed by atoms with E-state index in [1.165, 1.54) is 0 Å². The molecule has 0 aliphatic heterocycles. The Hall–Kier alpha value is -3.28. The van der Waals surface area contributed by atoms with E-state index in [9.17, 15) is 4.79 Å². The van der Waals surface area contributed by atoms with E-state index in [1.54, 1.807) is 20.4 Å². The SMILES string of the molecule is COc1ccc([C@@H](NC(=O)C2(c3ccccc3)CCCC2)c2nccn2C)cc1OC. The molecule has 1 heterocycles. The van der Waals surface area contributed by atoms with Crippen LogP contribution in [-0.4, -0.2) is 29.7 Å². The quantitative estimate of drug-likeness (QED) is 0.625. The predicted octanol–water partition coefficient (Wildman–Crippen LogP) is 4.15. The maximum absolute atomic E-state index is 13.8. The number of imidazole rings is 1. The number of aryl methyl sites for hydroxylation is 1. The lowest BCUT2D eigenvalue weighted by Crippen LogP contribution is -2.44. The summed E-state index contributed by atoms with van der Waals surface area (Å²) in [5, 5.41) is 3.33. The number of carbonyl (C=O) groups excluding carboxylic acids is 1. The predicted molar refractivity (Wildman–Crippen MR) is 119 cm³/mol. The molecule has 162 valence electrons. The highest BCUT2D eigenvalue weighted by Crippen LogP contribution is 2.42. The van der Waals surface area contributed by atoms with E-state index in [2.05, 4.69) is 22.4 Å². The molecule has 0 radical (unpaired) electrons. The van der Waals surface area contributed by atoms with Crippen molar-refractivity contribution in [1.82, 2.24) is 14.9 Å². The fourth-order valence-corrected chi connectivity index (χ4v) is 4.64. The van der Waals surface area contributed by atoms with Gasteiger partial charge in [-0.05, 0) is 36.1 Å². The lowest BCUT2D eigenvalue weighted by molar-refractivity contribution is -0.127. The van der Waals surface area contributed by atoms with Crippen LogP contribution in [0.5, 0.6) is 11.5 Å². The minimum Gasteiger partial charge on any atom is -0.493 e. The van der Waals surface area contributed by atoms with Crippen molar-refractivity contribution < 1.29 is 14.3 Å². The van der Waals surface area contributed by atoms with E-state index in [4.69, 9.17) is 9.47 Å². The second kappa shape index (κ2) is 8.84. The molecule has 1 saturated carbocycles. The van der Waals surface area contributed by atoms with Crippen molar-refractivity contribution in [1.29, 1.82) is 0 Å². The Morgan fingerprint density at radius 1 is 1.06 bits per heavy atom. The molecule has 1 fully saturated rings. The van der Waals surface area contributed by atoms with Crippen LogP contribution >= 0.6 is 0 Å². The van der Waals surface area contributed by atoms with Gasteiger partial charge in [-0.2, -0.15) is 0 Å². The number of methoxy groups -OCH3 is 2. The third-order valence-corrected chi connectivity index (χ3v) is 6.35. The zero-order valence-electron chi connectivity index (χ0n) is 18.3. The summed E-state index contributed by atoms with van der Waals surface area (Å²) >= 11 is 0. The summed E-state index contributed by atoms with van der Waals surface area (Å²) < 4.78 is 12.8. The molecule has 6 nitrogen and oxygen atoms in total. The van der Waals surface area contributed by atoms with Crippen molar-refractivity contribution in [3.63, 3.8) is 0 Å². The van der Waals surface area contributed by atoms with Gasteiger partial charge in [0.1, 0.15) is 11.9 Å². The average molecular weight is 420 g/mol. The van der Waals surface area contributed by atoms with Gasteiger partial charge in [0.25, 0.3) is 0 Å². The molecule has 31 heavy (non-hydrogen) atoms. The molecule has 1 aliphatic rings. The number of amides is 1. The molecule has 0 bridgehead atoms. The summed E-state index contributed by atoms with van der Waals surface area (Å²) in [6.45, 7) is 0. The number of carbonyl (C=O) groups is 1. The molecule has 0 spiro atoms. The normalized spacial score (nSPS) is 16.0. The van der Waals surface area contributed by atoms with Crippen LogP contribution in [0.1, 0.15) is 48.7 Å². The summed E-state index contributed by atoms with van der Waals surface area (Å²) in [5.41, 5.74) is 1.46. The first-order valence-corrected chi connectivity index (χ1v) is 10.6. The number of benzene rings is 2. The van der Waals surface area contributed by atoms with Gasteiger partial charge in [-0.15, -0.1) is 0 Å². The standard InChI is InChI=1S/C25H29N3O3/c1-28-16-15-26-23(28)22(18-11-12-20(30-2)21(17-18)31-3)27-24(29)25(13-7-8-14-25)19-9-5-4-6-10-19/h4-6,9-12,15-17,22H,7-8,13-14H2,1-3H3,(H,27,29)/t22-/m1/s1. The van der Waals surface area contributed by atoms with Crippen molar-refractivity contribution in [3.05, 3.63) is 77.9 Å². The molecule has 0 saturated heterocycles. The first kappa shape index (κ1) is 21.0. The summed E-state index contributed by atoms with van der Waals surface area (Å²) in [4.78, 5) is 18.4. The zero-order valence-corrected chi connectivity index (χ0v) is 18.3. The Labute approximate surface area is 183 Å². The third kappa shape index (κ3) is 3.90. The molecular weight excluding hydrogens is 390 g/mol. The molecule has 6 heteroatoms. The second-order valence-electron chi connectivity index (χ2n) is 8.07. The summed E-state index contributed by atoms with van der Waals surface area (Å²) in [6, 6.07) is 15.4. The Kier molecular flexibility index (Phi) is 5.98. The van der Waals surface area contributed by atoms with Crippen molar-refractivity contribution >= 4 is 5.91 Å². The van der Waals surface area contributed by atoms with Crippen LogP contribution in [0.25, 0.3) is 0 Å². The van der Waals surface area contributed by atoms with Crippen LogP contribution in [-0.2, 0) is 17.3 Å². The lowest BCUT2D eigenvalue weighted by atomic mass is 9.77. The Balaban J connectivity index is 1.73. The molecule has 1 amide bonds. The van der Waals surface area contributed by atoms with Gasteiger partial charge >= 0.3 is 0 Å². The fourth-order valence-electron chi connectivity index (χ4n) is 4.64. The number of ether oxygens (including phenoxy) is 2. The van der Waals surface area contributed by atoms with Crippen LogP contribution in [0.2, 0.25) is 0 Å². The van der Waals surface area contributed by atoms with Crippen molar-refractivity contribution in [2.75, 3.05) is 14.2 Å². The molecule has 0 unspecified atom stereocenters. The highest BCUT2D eigenvalue weighted by atomic mass is 16.5. The topological polar surface area (TPSA) is 65.4 Å². The summed E-state index contributed by atoms with van der Waals surface area (Å²) in [5.74, 6) is 2.07. The molecule has 3 aromatic rings. The zero-order chi connectivity index (χ0) is 21.8. The number of hydrogen-bond acceptors (Lipinski definition) is 4. The molecule has 1 atom stereocenters. The van der Waals surface area contributed by atoms with Crippen LogP contribution in [0.15, 0.2) is 60.9 Å². The third-order valence-electron chi connectivity index (χ3n) is 6.35. The van der Waals surface area contributed by atoms with Crippen LogP contribution in [0.3, 0.4) is 0 Å². The van der Waals surface area contributed by atoms with Gasteiger partial charge in [-0.3, -0.25) is 4.79 Å². The van der Waals surface area contributed by atoms with Crippen LogP contribution < -0.4 is 14.8 Å². The maximum atomic E-state index is 13.8. The largest absolute Gasteiger partial charge is 0.493 e.